The van der Waals surface area contributed by atoms with Crippen LogP contribution in [0.25, 0.3) is 0 Å². The lowest BCUT2D eigenvalue weighted by molar-refractivity contribution is -0.123. The molecule has 0 radical (unpaired) electrons. The SMILES string of the molecule is COc1cc([C@H](C(=O)NC2CCCC2)N(C(=O)c2ccco2)c2ccc3c(c2)CCC3)cc(OC)c1OC. The van der Waals surface area contributed by atoms with Gasteiger partial charge in [0.15, 0.2) is 17.3 Å². The van der Waals surface area contributed by atoms with Crippen LogP contribution >= 0.6 is 0 Å². The summed E-state index contributed by atoms with van der Waals surface area (Å²) in [4.78, 5) is 29.7. The van der Waals surface area contributed by atoms with Crippen LogP contribution in [0.4, 0.5) is 5.69 Å². The van der Waals surface area contributed by atoms with Crippen molar-refractivity contribution in [3.8, 4) is 17.2 Å². The van der Waals surface area contributed by atoms with E-state index in [4.69, 9.17) is 18.6 Å². The van der Waals surface area contributed by atoms with Gasteiger partial charge in [0.05, 0.1) is 27.6 Å². The molecule has 2 aromatic carbocycles. The van der Waals surface area contributed by atoms with E-state index in [1.807, 2.05) is 12.1 Å². The zero-order chi connectivity index (χ0) is 26.6. The van der Waals surface area contributed by atoms with E-state index >= 15 is 0 Å². The maximum absolute atomic E-state index is 14.1. The molecule has 1 heterocycles. The Labute approximate surface area is 222 Å². The molecular formula is C30H34N2O6. The number of hydrogen-bond donors (Lipinski definition) is 1. The van der Waals surface area contributed by atoms with Gasteiger partial charge in [-0.2, -0.15) is 0 Å². The molecule has 2 aliphatic rings. The standard InChI is InChI=1S/C30H34N2O6/c1-35-25-17-21(18-26(36-2)28(25)37-3)27(29(33)31-22-10-4-5-11-22)32(30(34)24-12-7-15-38-24)23-14-13-19-8-6-9-20(19)16-23/h7,12-18,22,27H,4-6,8-11H2,1-3H3,(H,31,33)/t27-/m1/s1. The summed E-state index contributed by atoms with van der Waals surface area (Å²) in [7, 11) is 4.59. The molecule has 0 aliphatic heterocycles. The number of ether oxygens (including phenoxy) is 3. The Bertz CT molecular complexity index is 1270. The predicted molar refractivity (Wildman–Crippen MR) is 143 cm³/mol. The molecule has 1 atom stereocenters. The monoisotopic (exact) mass is 518 g/mol. The zero-order valence-corrected chi connectivity index (χ0v) is 22.1. The Morgan fingerprint density at radius 3 is 2.26 bits per heavy atom. The van der Waals surface area contributed by atoms with Crippen LogP contribution in [0.2, 0.25) is 0 Å². The maximum atomic E-state index is 14.1. The second kappa shape index (κ2) is 11.2. The molecule has 8 heteroatoms. The van der Waals surface area contributed by atoms with Crippen LogP contribution in [-0.2, 0) is 17.6 Å². The van der Waals surface area contributed by atoms with E-state index in [1.54, 1.807) is 24.3 Å². The summed E-state index contributed by atoms with van der Waals surface area (Å²) >= 11 is 0. The number of nitrogens with one attached hydrogen (secondary N) is 1. The quantitative estimate of drug-likeness (QED) is 0.417. The van der Waals surface area contributed by atoms with E-state index in [0.29, 0.717) is 28.5 Å². The summed E-state index contributed by atoms with van der Waals surface area (Å²) in [6, 6.07) is 11.8. The number of carbonyl (C=O) groups is 2. The number of rotatable bonds is 9. The third-order valence-corrected chi connectivity index (χ3v) is 7.52. The molecule has 0 bridgehead atoms. The van der Waals surface area contributed by atoms with Crippen molar-refractivity contribution in [3.63, 3.8) is 0 Å². The van der Waals surface area contributed by atoms with E-state index in [0.717, 1.165) is 44.9 Å². The molecule has 8 nitrogen and oxygen atoms in total. The average Bonchev–Trinajstić information content (AvgIpc) is 3.73. The number of amides is 2. The highest BCUT2D eigenvalue weighted by Gasteiger charge is 2.37. The molecule has 0 unspecified atom stereocenters. The van der Waals surface area contributed by atoms with Crippen molar-refractivity contribution in [2.75, 3.05) is 26.2 Å². The summed E-state index contributed by atoms with van der Waals surface area (Å²) in [5, 5.41) is 3.21. The Balaban J connectivity index is 1.68. The van der Waals surface area contributed by atoms with E-state index in [9.17, 15) is 9.59 Å². The summed E-state index contributed by atoms with van der Waals surface area (Å²) in [6.07, 6.45) is 8.45. The summed E-state index contributed by atoms with van der Waals surface area (Å²) in [5.74, 6) is 0.686. The van der Waals surface area contributed by atoms with Gasteiger partial charge in [0.25, 0.3) is 5.91 Å². The fraction of sp³-hybridized carbons (Fsp3) is 0.400. The Kier molecular flexibility index (Phi) is 7.58. The molecule has 200 valence electrons. The maximum Gasteiger partial charge on any atom is 0.294 e. The van der Waals surface area contributed by atoms with E-state index in [-0.39, 0.29) is 17.7 Å². The first kappa shape index (κ1) is 25.7. The molecule has 2 amide bonds. The van der Waals surface area contributed by atoms with Crippen LogP contribution in [0.1, 0.15) is 65.4 Å². The van der Waals surface area contributed by atoms with Gasteiger partial charge < -0.3 is 23.9 Å². The highest BCUT2D eigenvalue weighted by atomic mass is 16.5. The van der Waals surface area contributed by atoms with E-state index in [2.05, 4.69) is 11.4 Å². The van der Waals surface area contributed by atoms with Gasteiger partial charge in [-0.05, 0) is 85.2 Å². The van der Waals surface area contributed by atoms with Crippen molar-refractivity contribution >= 4 is 17.5 Å². The van der Waals surface area contributed by atoms with Crippen LogP contribution in [0.5, 0.6) is 17.2 Å². The summed E-state index contributed by atoms with van der Waals surface area (Å²) in [6.45, 7) is 0. The second-order valence-electron chi connectivity index (χ2n) is 9.81. The van der Waals surface area contributed by atoms with E-state index in [1.165, 1.54) is 43.6 Å². The Morgan fingerprint density at radius 2 is 1.63 bits per heavy atom. The zero-order valence-electron chi connectivity index (χ0n) is 22.1. The first-order valence-corrected chi connectivity index (χ1v) is 13.1. The Hall–Kier alpha value is -3.94. The number of aryl methyl sites for hydroxylation is 2. The summed E-state index contributed by atoms with van der Waals surface area (Å²) < 4.78 is 22.2. The molecule has 1 saturated carbocycles. The molecule has 0 saturated heterocycles. The molecule has 1 fully saturated rings. The van der Waals surface area contributed by atoms with Gasteiger partial charge in [0.1, 0.15) is 6.04 Å². The van der Waals surface area contributed by atoms with Crippen LogP contribution in [0.3, 0.4) is 0 Å². The molecule has 0 spiro atoms. The topological polar surface area (TPSA) is 90.2 Å². The largest absolute Gasteiger partial charge is 0.493 e. The van der Waals surface area contributed by atoms with Crippen molar-refractivity contribution in [2.45, 2.75) is 57.0 Å². The number of furan rings is 1. The second-order valence-corrected chi connectivity index (χ2v) is 9.81. The van der Waals surface area contributed by atoms with Gasteiger partial charge in [0, 0.05) is 11.7 Å². The van der Waals surface area contributed by atoms with E-state index < -0.39 is 11.9 Å². The predicted octanol–water partition coefficient (Wildman–Crippen LogP) is 5.24. The van der Waals surface area contributed by atoms with Gasteiger partial charge in [-0.25, -0.2) is 0 Å². The van der Waals surface area contributed by atoms with Gasteiger partial charge in [-0.15, -0.1) is 0 Å². The number of fused-ring (bicyclic) bond motifs is 1. The van der Waals surface area contributed by atoms with Crippen molar-refractivity contribution in [1.82, 2.24) is 5.32 Å². The average molecular weight is 519 g/mol. The lowest BCUT2D eigenvalue weighted by Crippen LogP contribution is -2.46. The molecule has 5 rings (SSSR count). The smallest absolute Gasteiger partial charge is 0.294 e. The van der Waals surface area contributed by atoms with Gasteiger partial charge in [-0.1, -0.05) is 18.9 Å². The van der Waals surface area contributed by atoms with Crippen LogP contribution in [-0.4, -0.2) is 39.2 Å². The number of anilines is 1. The molecule has 38 heavy (non-hydrogen) atoms. The van der Waals surface area contributed by atoms with Crippen molar-refractivity contribution in [2.24, 2.45) is 0 Å². The minimum absolute atomic E-state index is 0.0626. The van der Waals surface area contributed by atoms with Crippen LogP contribution < -0.4 is 24.4 Å². The third kappa shape index (κ3) is 4.95. The minimum atomic E-state index is -1.01. The Morgan fingerprint density at radius 1 is 0.921 bits per heavy atom. The van der Waals surface area contributed by atoms with Gasteiger partial charge in [0.2, 0.25) is 11.7 Å². The number of carbonyl (C=O) groups excluding carboxylic acids is 2. The number of methoxy groups -OCH3 is 3. The fourth-order valence-electron chi connectivity index (χ4n) is 5.64. The molecular weight excluding hydrogens is 484 g/mol. The lowest BCUT2D eigenvalue weighted by Gasteiger charge is -2.32. The fourth-order valence-corrected chi connectivity index (χ4v) is 5.64. The molecule has 1 N–H and O–H groups in total. The normalized spacial score (nSPS) is 15.6. The first-order valence-electron chi connectivity index (χ1n) is 13.1. The lowest BCUT2D eigenvalue weighted by atomic mass is 9.99. The summed E-state index contributed by atoms with van der Waals surface area (Å²) in [5.41, 5.74) is 3.64. The third-order valence-electron chi connectivity index (χ3n) is 7.52. The molecule has 1 aromatic heterocycles. The molecule has 3 aromatic rings. The van der Waals surface area contributed by atoms with Crippen LogP contribution in [0.15, 0.2) is 53.1 Å². The van der Waals surface area contributed by atoms with Crippen molar-refractivity contribution in [1.29, 1.82) is 0 Å². The van der Waals surface area contributed by atoms with Crippen molar-refractivity contribution in [3.05, 3.63) is 71.2 Å². The first-order chi connectivity index (χ1) is 18.5. The number of hydrogen-bond acceptors (Lipinski definition) is 6. The van der Waals surface area contributed by atoms with Gasteiger partial charge in [-0.3, -0.25) is 14.5 Å². The number of benzene rings is 2. The number of nitrogens with zero attached hydrogens (tertiary/aromatic N) is 1. The highest BCUT2D eigenvalue weighted by Crippen LogP contribution is 2.42. The van der Waals surface area contributed by atoms with Crippen LogP contribution in [0, 0.1) is 0 Å². The van der Waals surface area contributed by atoms with Crippen molar-refractivity contribution < 1.29 is 28.2 Å². The molecule has 2 aliphatic carbocycles. The highest BCUT2D eigenvalue weighted by molar-refractivity contribution is 6.08. The minimum Gasteiger partial charge on any atom is -0.493 e. The van der Waals surface area contributed by atoms with Gasteiger partial charge >= 0.3 is 0 Å².